The monoisotopic (exact) mass is 513 g/mol. The minimum absolute atomic E-state index is 0.0525. The van der Waals surface area contributed by atoms with E-state index in [0.29, 0.717) is 25.8 Å². The van der Waals surface area contributed by atoms with E-state index in [2.05, 4.69) is 45.0 Å². The number of ketones is 1. The van der Waals surface area contributed by atoms with Gasteiger partial charge in [0.05, 0.1) is 0 Å². The Balaban J connectivity index is 1.40. The first kappa shape index (κ1) is 26.9. The van der Waals surface area contributed by atoms with Crippen molar-refractivity contribution >= 4 is 28.5 Å². The van der Waals surface area contributed by atoms with E-state index in [1.54, 1.807) is 25.4 Å². The molecule has 2 aromatic carbocycles. The van der Waals surface area contributed by atoms with Crippen LogP contribution in [0.5, 0.6) is 0 Å². The molecule has 1 atom stereocenters. The van der Waals surface area contributed by atoms with Crippen molar-refractivity contribution in [1.82, 2.24) is 25.4 Å². The van der Waals surface area contributed by atoms with E-state index in [-0.39, 0.29) is 24.1 Å². The number of rotatable bonds is 14. The van der Waals surface area contributed by atoms with E-state index in [9.17, 15) is 14.4 Å². The molecule has 2 heterocycles. The number of amides is 2. The Morgan fingerprint density at radius 3 is 2.53 bits per heavy atom. The highest BCUT2D eigenvalue weighted by Crippen LogP contribution is 2.30. The second-order valence-corrected chi connectivity index (χ2v) is 9.56. The maximum atomic E-state index is 13.2. The number of aromatic nitrogens is 3. The average molecular weight is 514 g/mol. The van der Waals surface area contributed by atoms with Crippen molar-refractivity contribution < 1.29 is 14.4 Å². The Hall–Kier alpha value is -4.20. The molecular formula is C30H35N5O3. The standard InChI is InChI=1S/C30H35N5O3/c1-22(36)11-4-2-7-16-27(33-28(37)21-35-20-10-18-32-35)30(38)31-19-17-25-24-14-8-9-15-26(24)34-29(25)23-12-5-3-6-13-23/h3,5-6,8-10,12-15,18,20,27,34H,2,4,7,11,16-17,19,21H2,1H3,(H,31,38)(H,33,37)/t27-/m0/s1. The summed E-state index contributed by atoms with van der Waals surface area (Å²) in [7, 11) is 0. The molecule has 3 N–H and O–H groups in total. The Labute approximate surface area is 222 Å². The zero-order valence-electron chi connectivity index (χ0n) is 21.8. The molecular weight excluding hydrogens is 478 g/mol. The van der Waals surface area contributed by atoms with Crippen LogP contribution in [0.2, 0.25) is 0 Å². The number of nitrogens with zero attached hydrogens (tertiary/aromatic N) is 2. The average Bonchev–Trinajstić information content (AvgIpc) is 3.56. The highest BCUT2D eigenvalue weighted by atomic mass is 16.2. The highest BCUT2D eigenvalue weighted by molar-refractivity contribution is 5.91. The highest BCUT2D eigenvalue weighted by Gasteiger charge is 2.21. The van der Waals surface area contributed by atoms with Crippen LogP contribution >= 0.6 is 0 Å². The lowest BCUT2D eigenvalue weighted by Gasteiger charge is -2.19. The van der Waals surface area contributed by atoms with Gasteiger partial charge in [-0.3, -0.25) is 14.3 Å². The molecule has 8 nitrogen and oxygen atoms in total. The maximum Gasteiger partial charge on any atom is 0.242 e. The summed E-state index contributed by atoms with van der Waals surface area (Å²) in [5.74, 6) is -0.300. The molecule has 0 saturated heterocycles. The molecule has 0 aliphatic heterocycles. The predicted octanol–water partition coefficient (Wildman–Crippen LogP) is 4.41. The number of fused-ring (bicyclic) bond motifs is 1. The molecule has 0 fully saturated rings. The molecule has 0 saturated carbocycles. The number of unbranched alkanes of at least 4 members (excludes halogenated alkanes) is 2. The van der Waals surface area contributed by atoms with Crippen LogP contribution in [0.15, 0.2) is 73.1 Å². The third-order valence-electron chi connectivity index (χ3n) is 6.59. The summed E-state index contributed by atoms with van der Waals surface area (Å²) in [5, 5.41) is 11.1. The van der Waals surface area contributed by atoms with E-state index in [0.717, 1.165) is 47.0 Å². The minimum atomic E-state index is -0.646. The van der Waals surface area contributed by atoms with Crippen LogP contribution in [0.4, 0.5) is 0 Å². The number of H-pyrrole nitrogens is 1. The largest absolute Gasteiger partial charge is 0.354 e. The molecule has 4 aromatic rings. The summed E-state index contributed by atoms with van der Waals surface area (Å²) in [6.45, 7) is 2.08. The lowest BCUT2D eigenvalue weighted by Crippen LogP contribution is -2.48. The summed E-state index contributed by atoms with van der Waals surface area (Å²) in [6.07, 6.45) is 7.37. The molecule has 0 spiro atoms. The van der Waals surface area contributed by atoms with Gasteiger partial charge in [-0.15, -0.1) is 0 Å². The fourth-order valence-corrected chi connectivity index (χ4v) is 4.69. The first-order chi connectivity index (χ1) is 18.5. The van der Waals surface area contributed by atoms with E-state index in [4.69, 9.17) is 0 Å². The smallest absolute Gasteiger partial charge is 0.242 e. The third-order valence-corrected chi connectivity index (χ3v) is 6.59. The van der Waals surface area contributed by atoms with Crippen molar-refractivity contribution in [2.75, 3.05) is 6.54 Å². The lowest BCUT2D eigenvalue weighted by atomic mass is 10.0. The molecule has 0 radical (unpaired) electrons. The van der Waals surface area contributed by atoms with E-state index in [1.807, 2.05) is 30.3 Å². The van der Waals surface area contributed by atoms with Gasteiger partial charge in [-0.1, -0.05) is 61.4 Å². The van der Waals surface area contributed by atoms with Crippen molar-refractivity contribution in [3.63, 3.8) is 0 Å². The summed E-state index contributed by atoms with van der Waals surface area (Å²) in [5.41, 5.74) is 4.35. The fourth-order valence-electron chi connectivity index (χ4n) is 4.69. The van der Waals surface area contributed by atoms with E-state index in [1.165, 1.54) is 4.68 Å². The molecule has 198 valence electrons. The molecule has 0 unspecified atom stereocenters. The summed E-state index contributed by atoms with van der Waals surface area (Å²) >= 11 is 0. The zero-order chi connectivity index (χ0) is 26.7. The van der Waals surface area contributed by atoms with Gasteiger partial charge in [0.15, 0.2) is 0 Å². The van der Waals surface area contributed by atoms with Gasteiger partial charge in [-0.25, -0.2) is 0 Å². The van der Waals surface area contributed by atoms with Crippen LogP contribution in [-0.2, 0) is 27.3 Å². The summed E-state index contributed by atoms with van der Waals surface area (Å²) in [4.78, 5) is 40.6. The second kappa shape index (κ2) is 13.4. The van der Waals surface area contributed by atoms with Gasteiger partial charge in [-0.05, 0) is 49.4 Å². The molecule has 8 heteroatoms. The zero-order valence-corrected chi connectivity index (χ0v) is 21.8. The minimum Gasteiger partial charge on any atom is -0.354 e. The third kappa shape index (κ3) is 7.41. The molecule has 2 aromatic heterocycles. The van der Waals surface area contributed by atoms with Crippen LogP contribution in [0.1, 0.15) is 44.6 Å². The van der Waals surface area contributed by atoms with Crippen molar-refractivity contribution in [1.29, 1.82) is 0 Å². The van der Waals surface area contributed by atoms with Crippen LogP contribution in [0.3, 0.4) is 0 Å². The topological polar surface area (TPSA) is 109 Å². The van der Waals surface area contributed by atoms with E-state index < -0.39 is 6.04 Å². The molecule has 4 rings (SSSR count). The van der Waals surface area contributed by atoms with Crippen LogP contribution in [-0.4, -0.2) is 44.9 Å². The lowest BCUT2D eigenvalue weighted by molar-refractivity contribution is -0.129. The van der Waals surface area contributed by atoms with Crippen LogP contribution in [0.25, 0.3) is 22.2 Å². The number of carbonyl (C=O) groups is 3. The van der Waals surface area contributed by atoms with Crippen molar-refractivity contribution in [2.24, 2.45) is 0 Å². The fraction of sp³-hybridized carbons (Fsp3) is 0.333. The molecule has 0 bridgehead atoms. The Kier molecular flexibility index (Phi) is 9.45. The van der Waals surface area contributed by atoms with Crippen LogP contribution < -0.4 is 10.6 Å². The normalized spacial score (nSPS) is 11.8. The first-order valence-corrected chi connectivity index (χ1v) is 13.2. The van der Waals surface area contributed by atoms with Gasteiger partial charge in [0.2, 0.25) is 11.8 Å². The van der Waals surface area contributed by atoms with E-state index >= 15 is 0 Å². The number of hydrogen-bond acceptors (Lipinski definition) is 4. The van der Waals surface area contributed by atoms with Crippen molar-refractivity contribution in [2.45, 2.75) is 58.0 Å². The van der Waals surface area contributed by atoms with Crippen LogP contribution in [0, 0.1) is 0 Å². The number of hydrogen-bond donors (Lipinski definition) is 3. The number of nitrogens with one attached hydrogen (secondary N) is 3. The van der Waals surface area contributed by atoms with Crippen molar-refractivity contribution in [3.05, 3.63) is 78.6 Å². The summed E-state index contributed by atoms with van der Waals surface area (Å²) < 4.78 is 1.53. The van der Waals surface area contributed by atoms with Gasteiger partial charge in [0.1, 0.15) is 18.4 Å². The number of benzene rings is 2. The van der Waals surface area contributed by atoms with Crippen molar-refractivity contribution in [3.8, 4) is 11.3 Å². The molecule has 0 aliphatic rings. The molecule has 0 aliphatic carbocycles. The summed E-state index contributed by atoms with van der Waals surface area (Å²) in [6, 6.07) is 19.4. The Morgan fingerprint density at radius 1 is 0.974 bits per heavy atom. The number of para-hydroxylation sites is 1. The second-order valence-electron chi connectivity index (χ2n) is 9.56. The van der Waals surface area contributed by atoms with Gasteiger partial charge in [0.25, 0.3) is 0 Å². The Bertz CT molecular complexity index is 1350. The predicted molar refractivity (Wildman–Crippen MR) is 148 cm³/mol. The number of Topliss-reactive ketones (excluding diaryl/α,β-unsaturated/α-hetero) is 1. The van der Waals surface area contributed by atoms with Gasteiger partial charge < -0.3 is 20.4 Å². The SMILES string of the molecule is CC(=O)CCCCC[C@H](NC(=O)Cn1cccn1)C(=O)NCCc1c(-c2ccccc2)[nH]c2ccccc12. The van der Waals surface area contributed by atoms with Gasteiger partial charge in [-0.2, -0.15) is 5.10 Å². The van der Waals surface area contributed by atoms with Gasteiger partial charge in [0, 0.05) is 42.0 Å². The number of aromatic amines is 1. The quantitative estimate of drug-likeness (QED) is 0.217. The Morgan fingerprint density at radius 2 is 1.76 bits per heavy atom. The maximum absolute atomic E-state index is 13.2. The number of carbonyl (C=O) groups excluding carboxylic acids is 3. The molecule has 2 amide bonds. The first-order valence-electron chi connectivity index (χ1n) is 13.2. The van der Waals surface area contributed by atoms with Gasteiger partial charge >= 0.3 is 0 Å². The molecule has 38 heavy (non-hydrogen) atoms.